The maximum absolute atomic E-state index is 12.5. The van der Waals surface area contributed by atoms with E-state index < -0.39 is 11.7 Å². The van der Waals surface area contributed by atoms with Crippen LogP contribution in [0.3, 0.4) is 0 Å². The molecule has 0 aliphatic carbocycles. The van der Waals surface area contributed by atoms with Gasteiger partial charge in [-0.1, -0.05) is 12.1 Å². The van der Waals surface area contributed by atoms with Crippen molar-refractivity contribution in [2.24, 2.45) is 0 Å². The lowest BCUT2D eigenvalue weighted by Gasteiger charge is -2.27. The van der Waals surface area contributed by atoms with Crippen LogP contribution in [0.5, 0.6) is 0 Å². The summed E-state index contributed by atoms with van der Waals surface area (Å²) in [5, 5.41) is 3.25. The Morgan fingerprint density at radius 2 is 1.50 bits per heavy atom. The molecule has 0 bridgehead atoms. The zero-order valence-electron chi connectivity index (χ0n) is 11.8. The third-order valence-electron chi connectivity index (χ3n) is 3.58. The first-order valence-electron chi connectivity index (χ1n) is 6.99. The van der Waals surface area contributed by atoms with E-state index in [1.165, 1.54) is 12.1 Å². The lowest BCUT2D eigenvalue weighted by Crippen LogP contribution is -2.44. The summed E-state index contributed by atoms with van der Waals surface area (Å²) < 4.78 is 37.6. The SMILES string of the molecule is FC(F)(F)c1ccc(-c2cnc(N3CCNCC3)nc2)cc1. The number of hydrogen-bond acceptors (Lipinski definition) is 4. The van der Waals surface area contributed by atoms with Gasteiger partial charge in [0.15, 0.2) is 0 Å². The van der Waals surface area contributed by atoms with Crippen LogP contribution in [0.2, 0.25) is 0 Å². The van der Waals surface area contributed by atoms with Gasteiger partial charge in [0.25, 0.3) is 0 Å². The minimum absolute atomic E-state index is 0.650. The van der Waals surface area contributed by atoms with E-state index in [4.69, 9.17) is 0 Å². The van der Waals surface area contributed by atoms with E-state index in [0.29, 0.717) is 17.1 Å². The van der Waals surface area contributed by atoms with Gasteiger partial charge in [-0.15, -0.1) is 0 Å². The van der Waals surface area contributed by atoms with Crippen molar-refractivity contribution in [1.29, 1.82) is 0 Å². The molecule has 0 unspecified atom stereocenters. The Hall–Kier alpha value is -2.15. The van der Waals surface area contributed by atoms with Crippen molar-refractivity contribution in [3.63, 3.8) is 0 Å². The van der Waals surface area contributed by atoms with Gasteiger partial charge in [-0.05, 0) is 17.7 Å². The van der Waals surface area contributed by atoms with E-state index in [1.54, 1.807) is 12.4 Å². The lowest BCUT2D eigenvalue weighted by molar-refractivity contribution is -0.137. The van der Waals surface area contributed by atoms with Crippen LogP contribution in [-0.4, -0.2) is 36.1 Å². The van der Waals surface area contributed by atoms with Crippen molar-refractivity contribution in [2.75, 3.05) is 31.1 Å². The third kappa shape index (κ3) is 3.19. The van der Waals surface area contributed by atoms with Gasteiger partial charge in [0.05, 0.1) is 5.56 Å². The smallest absolute Gasteiger partial charge is 0.338 e. The molecule has 1 aliphatic rings. The number of benzene rings is 1. The normalized spacial score (nSPS) is 15.9. The zero-order chi connectivity index (χ0) is 15.6. The molecule has 7 heteroatoms. The van der Waals surface area contributed by atoms with Gasteiger partial charge in [-0.2, -0.15) is 13.2 Å². The summed E-state index contributed by atoms with van der Waals surface area (Å²) in [6.07, 6.45) is -1.03. The van der Waals surface area contributed by atoms with Crippen LogP contribution in [0, 0.1) is 0 Å². The molecule has 116 valence electrons. The highest BCUT2D eigenvalue weighted by Gasteiger charge is 2.29. The quantitative estimate of drug-likeness (QED) is 0.926. The summed E-state index contributed by atoms with van der Waals surface area (Å²) in [5.74, 6) is 0.650. The predicted molar refractivity (Wildman–Crippen MR) is 77.6 cm³/mol. The third-order valence-corrected chi connectivity index (χ3v) is 3.58. The number of aromatic nitrogens is 2. The summed E-state index contributed by atoms with van der Waals surface area (Å²) in [7, 11) is 0. The number of halogens is 3. The molecule has 4 nitrogen and oxygen atoms in total. The van der Waals surface area contributed by atoms with Crippen LogP contribution in [0.4, 0.5) is 19.1 Å². The Morgan fingerprint density at radius 1 is 0.909 bits per heavy atom. The molecule has 0 amide bonds. The van der Waals surface area contributed by atoms with Gasteiger partial charge in [0, 0.05) is 44.1 Å². The minimum atomic E-state index is -4.32. The molecule has 0 saturated carbocycles. The maximum Gasteiger partial charge on any atom is 0.416 e. The van der Waals surface area contributed by atoms with Crippen molar-refractivity contribution in [3.8, 4) is 11.1 Å². The molecular weight excluding hydrogens is 293 g/mol. The first-order chi connectivity index (χ1) is 10.5. The maximum atomic E-state index is 12.5. The van der Waals surface area contributed by atoms with Crippen molar-refractivity contribution < 1.29 is 13.2 Å². The summed E-state index contributed by atoms with van der Waals surface area (Å²) >= 11 is 0. The van der Waals surface area contributed by atoms with E-state index in [-0.39, 0.29) is 0 Å². The largest absolute Gasteiger partial charge is 0.416 e. The van der Waals surface area contributed by atoms with Crippen LogP contribution in [0.15, 0.2) is 36.7 Å². The molecule has 0 atom stereocenters. The van der Waals surface area contributed by atoms with Crippen LogP contribution in [0.1, 0.15) is 5.56 Å². The van der Waals surface area contributed by atoms with Crippen molar-refractivity contribution >= 4 is 5.95 Å². The van der Waals surface area contributed by atoms with Gasteiger partial charge in [-0.25, -0.2) is 9.97 Å². The molecule has 2 aromatic rings. The monoisotopic (exact) mass is 308 g/mol. The van der Waals surface area contributed by atoms with Crippen LogP contribution < -0.4 is 10.2 Å². The van der Waals surface area contributed by atoms with Crippen LogP contribution >= 0.6 is 0 Å². The first-order valence-corrected chi connectivity index (χ1v) is 6.99. The highest BCUT2D eigenvalue weighted by Crippen LogP contribution is 2.30. The molecule has 1 saturated heterocycles. The molecule has 22 heavy (non-hydrogen) atoms. The van der Waals surface area contributed by atoms with Crippen molar-refractivity contribution in [2.45, 2.75) is 6.18 Å². The molecule has 1 aromatic heterocycles. The Bertz CT molecular complexity index is 617. The molecule has 3 rings (SSSR count). The number of piperazine rings is 1. The average molecular weight is 308 g/mol. The van der Waals surface area contributed by atoms with Gasteiger partial charge >= 0.3 is 6.18 Å². The van der Waals surface area contributed by atoms with E-state index in [2.05, 4.69) is 20.2 Å². The summed E-state index contributed by atoms with van der Waals surface area (Å²) in [6, 6.07) is 5.01. The van der Waals surface area contributed by atoms with Gasteiger partial charge in [0.1, 0.15) is 0 Å². The highest BCUT2D eigenvalue weighted by molar-refractivity contribution is 5.62. The number of nitrogens with one attached hydrogen (secondary N) is 1. The molecular formula is C15H15F3N4. The molecule has 0 radical (unpaired) electrons. The fourth-order valence-corrected chi connectivity index (χ4v) is 2.35. The van der Waals surface area contributed by atoms with E-state index in [1.807, 2.05) is 0 Å². The zero-order valence-corrected chi connectivity index (χ0v) is 11.8. The van der Waals surface area contributed by atoms with E-state index in [9.17, 15) is 13.2 Å². The number of rotatable bonds is 2. The van der Waals surface area contributed by atoms with Crippen LogP contribution in [0.25, 0.3) is 11.1 Å². The second kappa shape index (κ2) is 5.92. The molecule has 0 spiro atoms. The van der Waals surface area contributed by atoms with Gasteiger partial charge in [-0.3, -0.25) is 0 Å². The van der Waals surface area contributed by atoms with Gasteiger partial charge in [0.2, 0.25) is 5.95 Å². The molecule has 1 aromatic carbocycles. The molecule has 1 N–H and O–H groups in total. The number of hydrogen-bond donors (Lipinski definition) is 1. The molecule has 1 aliphatic heterocycles. The Labute approximate surface area is 126 Å². The standard InChI is InChI=1S/C15H15F3N4/c16-15(17,18)13-3-1-11(2-4-13)12-9-20-14(21-10-12)22-7-5-19-6-8-22/h1-4,9-10,19H,5-8H2. The average Bonchev–Trinajstić information content (AvgIpc) is 2.55. The van der Waals surface area contributed by atoms with Crippen molar-refractivity contribution in [3.05, 3.63) is 42.2 Å². The fraction of sp³-hybridized carbons (Fsp3) is 0.333. The fourth-order valence-electron chi connectivity index (χ4n) is 2.35. The second-order valence-electron chi connectivity index (χ2n) is 5.08. The minimum Gasteiger partial charge on any atom is -0.338 e. The summed E-state index contributed by atoms with van der Waals surface area (Å²) in [5.41, 5.74) is 0.710. The Balaban J connectivity index is 1.77. The number of alkyl halides is 3. The predicted octanol–water partition coefficient (Wildman–Crippen LogP) is 2.57. The summed E-state index contributed by atoms with van der Waals surface area (Å²) in [6.45, 7) is 3.48. The summed E-state index contributed by atoms with van der Waals surface area (Å²) in [4.78, 5) is 10.7. The second-order valence-corrected chi connectivity index (χ2v) is 5.08. The topological polar surface area (TPSA) is 41.1 Å². The van der Waals surface area contributed by atoms with Crippen LogP contribution in [-0.2, 0) is 6.18 Å². The van der Waals surface area contributed by atoms with Crippen molar-refractivity contribution in [1.82, 2.24) is 15.3 Å². The van der Waals surface area contributed by atoms with E-state index in [0.717, 1.165) is 38.3 Å². The Morgan fingerprint density at radius 3 is 2.05 bits per heavy atom. The lowest BCUT2D eigenvalue weighted by atomic mass is 10.1. The first kappa shape index (κ1) is 14.8. The number of nitrogens with zero attached hydrogens (tertiary/aromatic N) is 3. The Kier molecular flexibility index (Phi) is 3.98. The molecule has 1 fully saturated rings. The van der Waals surface area contributed by atoms with E-state index >= 15 is 0 Å². The highest BCUT2D eigenvalue weighted by atomic mass is 19.4. The number of anilines is 1. The molecule has 2 heterocycles. The van der Waals surface area contributed by atoms with Gasteiger partial charge < -0.3 is 10.2 Å².